The molecule has 0 aliphatic carbocycles. The molecule has 6 nitrogen and oxygen atoms in total. The van der Waals surface area contributed by atoms with E-state index in [1.807, 2.05) is 54.6 Å². The maximum absolute atomic E-state index is 12.8. The molecule has 0 spiro atoms. The molecule has 0 saturated carbocycles. The third-order valence-corrected chi connectivity index (χ3v) is 5.23. The number of esters is 1. The number of aromatic hydroxyl groups is 1. The van der Waals surface area contributed by atoms with E-state index in [9.17, 15) is 14.7 Å². The lowest BCUT2D eigenvalue weighted by molar-refractivity contribution is -0.142. The van der Waals surface area contributed by atoms with Crippen LogP contribution in [0, 0.1) is 0 Å². The molecule has 1 heterocycles. The minimum absolute atomic E-state index is 0.125. The van der Waals surface area contributed by atoms with Crippen LogP contribution in [-0.2, 0) is 16.0 Å². The zero-order chi connectivity index (χ0) is 22.5. The van der Waals surface area contributed by atoms with Gasteiger partial charge in [0.05, 0.1) is 7.11 Å². The first-order valence-corrected chi connectivity index (χ1v) is 10.2. The number of pyridine rings is 1. The second-order valence-electron chi connectivity index (χ2n) is 7.42. The van der Waals surface area contributed by atoms with Gasteiger partial charge in [-0.25, -0.2) is 4.79 Å². The van der Waals surface area contributed by atoms with Gasteiger partial charge in [-0.1, -0.05) is 60.7 Å². The standard InChI is InChI=1S/C26H22N2O4/c1-32-26(31)24(13-17-7-9-19(10-8-17)18-5-3-2-4-6-18)28-25(30)23-15-20-11-12-22(29)14-21(20)16-27-23/h2-12,14-16,24,29H,13H2,1H3,(H,28,30)/t24-/m0/s1. The van der Waals surface area contributed by atoms with Crippen molar-refractivity contribution in [2.75, 3.05) is 7.11 Å². The van der Waals surface area contributed by atoms with Crippen LogP contribution in [0.15, 0.2) is 85.1 Å². The number of rotatable bonds is 6. The van der Waals surface area contributed by atoms with E-state index in [1.165, 1.54) is 13.3 Å². The molecule has 0 fully saturated rings. The highest BCUT2D eigenvalue weighted by atomic mass is 16.5. The van der Waals surface area contributed by atoms with Crippen molar-refractivity contribution in [3.8, 4) is 16.9 Å². The van der Waals surface area contributed by atoms with Crippen LogP contribution in [0.4, 0.5) is 0 Å². The quantitative estimate of drug-likeness (QED) is 0.453. The number of nitrogens with zero attached hydrogens (tertiary/aromatic N) is 1. The smallest absolute Gasteiger partial charge is 0.328 e. The summed E-state index contributed by atoms with van der Waals surface area (Å²) in [5.74, 6) is -0.881. The Morgan fingerprint density at radius 2 is 1.66 bits per heavy atom. The van der Waals surface area contributed by atoms with Crippen LogP contribution < -0.4 is 5.32 Å². The summed E-state index contributed by atoms with van der Waals surface area (Å²) in [6, 6.07) is 23.4. The highest BCUT2D eigenvalue weighted by Gasteiger charge is 2.23. The second-order valence-corrected chi connectivity index (χ2v) is 7.42. The van der Waals surface area contributed by atoms with E-state index in [0.717, 1.165) is 22.1 Å². The molecule has 0 aliphatic heterocycles. The molecule has 1 amide bonds. The number of fused-ring (bicyclic) bond motifs is 1. The van der Waals surface area contributed by atoms with E-state index in [-0.39, 0.29) is 17.9 Å². The minimum Gasteiger partial charge on any atom is -0.508 e. The van der Waals surface area contributed by atoms with Gasteiger partial charge in [0.25, 0.3) is 5.91 Å². The van der Waals surface area contributed by atoms with Gasteiger partial charge < -0.3 is 15.2 Å². The molecule has 1 atom stereocenters. The Hall–Kier alpha value is -4.19. The molecule has 0 saturated heterocycles. The summed E-state index contributed by atoms with van der Waals surface area (Å²) in [4.78, 5) is 29.3. The van der Waals surface area contributed by atoms with Crippen LogP contribution in [0.2, 0.25) is 0 Å². The summed E-state index contributed by atoms with van der Waals surface area (Å²) in [6.07, 6.45) is 1.80. The number of carbonyl (C=O) groups excluding carboxylic acids is 2. The van der Waals surface area contributed by atoms with E-state index >= 15 is 0 Å². The molecule has 160 valence electrons. The maximum Gasteiger partial charge on any atom is 0.328 e. The topological polar surface area (TPSA) is 88.5 Å². The Bertz CT molecular complexity index is 1250. The Morgan fingerprint density at radius 3 is 2.38 bits per heavy atom. The molecular weight excluding hydrogens is 404 g/mol. The normalized spacial score (nSPS) is 11.7. The monoisotopic (exact) mass is 426 g/mol. The highest BCUT2D eigenvalue weighted by molar-refractivity contribution is 5.98. The lowest BCUT2D eigenvalue weighted by Gasteiger charge is -2.17. The number of nitrogens with one attached hydrogen (secondary N) is 1. The van der Waals surface area contributed by atoms with Gasteiger partial charge in [-0.3, -0.25) is 9.78 Å². The van der Waals surface area contributed by atoms with Crippen LogP contribution in [-0.4, -0.2) is 35.1 Å². The largest absolute Gasteiger partial charge is 0.508 e. The van der Waals surface area contributed by atoms with Gasteiger partial charge in [-0.05, 0) is 40.3 Å². The number of amides is 1. The van der Waals surface area contributed by atoms with Gasteiger partial charge in [-0.15, -0.1) is 0 Å². The summed E-state index contributed by atoms with van der Waals surface area (Å²) in [5, 5.41) is 13.8. The number of hydrogen-bond acceptors (Lipinski definition) is 5. The lowest BCUT2D eigenvalue weighted by Crippen LogP contribution is -2.43. The molecule has 6 heteroatoms. The van der Waals surface area contributed by atoms with Crippen molar-refractivity contribution in [2.45, 2.75) is 12.5 Å². The van der Waals surface area contributed by atoms with Gasteiger partial charge in [0.1, 0.15) is 17.5 Å². The van der Waals surface area contributed by atoms with E-state index in [2.05, 4.69) is 10.3 Å². The Morgan fingerprint density at radius 1 is 0.938 bits per heavy atom. The van der Waals surface area contributed by atoms with E-state index < -0.39 is 17.9 Å². The number of aromatic nitrogens is 1. The Balaban J connectivity index is 1.50. The molecule has 4 aromatic rings. The van der Waals surface area contributed by atoms with Gasteiger partial charge in [0.2, 0.25) is 0 Å². The molecule has 1 aromatic heterocycles. The van der Waals surface area contributed by atoms with Crippen molar-refractivity contribution in [3.63, 3.8) is 0 Å². The fourth-order valence-corrected chi connectivity index (χ4v) is 3.52. The number of methoxy groups -OCH3 is 1. The summed E-state index contributed by atoms with van der Waals surface area (Å²) < 4.78 is 4.90. The fraction of sp³-hybridized carbons (Fsp3) is 0.115. The molecule has 0 unspecified atom stereocenters. The van der Waals surface area contributed by atoms with Crippen LogP contribution in [0.5, 0.6) is 5.75 Å². The third-order valence-electron chi connectivity index (χ3n) is 5.23. The molecule has 0 aliphatic rings. The van der Waals surface area contributed by atoms with E-state index in [1.54, 1.807) is 24.3 Å². The first-order chi connectivity index (χ1) is 15.5. The van der Waals surface area contributed by atoms with Crippen LogP contribution in [0.25, 0.3) is 21.9 Å². The first kappa shape index (κ1) is 21.1. The summed E-state index contributed by atoms with van der Waals surface area (Å²) in [5.41, 5.74) is 3.24. The van der Waals surface area contributed by atoms with E-state index in [0.29, 0.717) is 5.39 Å². The number of ether oxygens (including phenoxy) is 1. The first-order valence-electron chi connectivity index (χ1n) is 10.2. The third kappa shape index (κ3) is 4.75. The molecule has 0 radical (unpaired) electrons. The SMILES string of the molecule is COC(=O)[C@H](Cc1ccc(-c2ccccc2)cc1)NC(=O)c1cc2ccc(O)cc2cn1. The molecule has 32 heavy (non-hydrogen) atoms. The molecule has 0 bridgehead atoms. The van der Waals surface area contributed by atoms with E-state index in [4.69, 9.17) is 4.74 Å². The van der Waals surface area contributed by atoms with Crippen molar-refractivity contribution < 1.29 is 19.4 Å². The molecular formula is C26H22N2O4. The Kier molecular flexibility index (Phi) is 6.12. The van der Waals surface area contributed by atoms with Crippen LogP contribution >= 0.6 is 0 Å². The Labute approximate surface area is 185 Å². The summed E-state index contributed by atoms with van der Waals surface area (Å²) in [7, 11) is 1.29. The van der Waals surface area contributed by atoms with Crippen molar-refractivity contribution in [1.82, 2.24) is 10.3 Å². The van der Waals surface area contributed by atoms with Gasteiger partial charge in [0, 0.05) is 18.0 Å². The van der Waals surface area contributed by atoms with Crippen LogP contribution in [0.3, 0.4) is 0 Å². The number of phenols is 1. The number of carbonyl (C=O) groups is 2. The maximum atomic E-state index is 12.8. The second kappa shape index (κ2) is 9.31. The molecule has 4 rings (SSSR count). The van der Waals surface area contributed by atoms with Crippen LogP contribution in [0.1, 0.15) is 16.1 Å². The van der Waals surface area contributed by atoms with Gasteiger partial charge >= 0.3 is 5.97 Å². The minimum atomic E-state index is -0.854. The summed E-state index contributed by atoms with van der Waals surface area (Å²) >= 11 is 0. The predicted octanol–water partition coefficient (Wildman–Crippen LogP) is 4.12. The zero-order valence-corrected chi connectivity index (χ0v) is 17.5. The summed E-state index contributed by atoms with van der Waals surface area (Å²) in [6.45, 7) is 0. The molecule has 2 N–H and O–H groups in total. The van der Waals surface area contributed by atoms with Crippen molar-refractivity contribution in [3.05, 3.63) is 96.3 Å². The fourth-order valence-electron chi connectivity index (χ4n) is 3.52. The van der Waals surface area contributed by atoms with Gasteiger partial charge in [-0.2, -0.15) is 0 Å². The predicted molar refractivity (Wildman–Crippen MR) is 122 cm³/mol. The van der Waals surface area contributed by atoms with Crippen molar-refractivity contribution >= 4 is 22.6 Å². The zero-order valence-electron chi connectivity index (χ0n) is 17.5. The highest BCUT2D eigenvalue weighted by Crippen LogP contribution is 2.21. The number of benzene rings is 3. The average molecular weight is 426 g/mol. The van der Waals surface area contributed by atoms with Crippen molar-refractivity contribution in [1.29, 1.82) is 0 Å². The number of phenolic OH excluding ortho intramolecular Hbond substituents is 1. The van der Waals surface area contributed by atoms with Gasteiger partial charge in [0.15, 0.2) is 0 Å². The lowest BCUT2D eigenvalue weighted by atomic mass is 10.0. The number of hydrogen-bond donors (Lipinski definition) is 2. The van der Waals surface area contributed by atoms with Crippen molar-refractivity contribution in [2.24, 2.45) is 0 Å². The average Bonchev–Trinajstić information content (AvgIpc) is 2.83. The molecule has 3 aromatic carbocycles.